The van der Waals surface area contributed by atoms with Crippen molar-refractivity contribution >= 4 is 5.91 Å². The number of likely N-dealkylation sites (N-methyl/N-ethyl adjacent to an activating group) is 1. The van der Waals surface area contributed by atoms with Crippen LogP contribution in [0.1, 0.15) is 50.6 Å². The van der Waals surface area contributed by atoms with Crippen LogP contribution in [-0.2, 0) is 4.79 Å². The lowest BCUT2D eigenvalue weighted by molar-refractivity contribution is -0.134. The lowest BCUT2D eigenvalue weighted by atomic mass is 10.0. The average Bonchev–Trinajstić information content (AvgIpc) is 2.93. The summed E-state index contributed by atoms with van der Waals surface area (Å²) in [6.45, 7) is 9.60. The summed E-state index contributed by atoms with van der Waals surface area (Å²) < 4.78 is 0. The summed E-state index contributed by atoms with van der Waals surface area (Å²) in [6, 6.07) is 4.37. The van der Waals surface area contributed by atoms with Crippen molar-refractivity contribution in [1.82, 2.24) is 19.7 Å². The van der Waals surface area contributed by atoms with E-state index in [9.17, 15) is 4.79 Å². The second kappa shape index (κ2) is 9.30. The lowest BCUT2D eigenvalue weighted by Crippen LogP contribution is -2.47. The smallest absolute Gasteiger partial charge is 0.224 e. The highest BCUT2D eigenvalue weighted by atomic mass is 16.2. The third-order valence-electron chi connectivity index (χ3n) is 5.72. The van der Waals surface area contributed by atoms with Gasteiger partial charge in [-0.25, -0.2) is 0 Å². The summed E-state index contributed by atoms with van der Waals surface area (Å²) in [7, 11) is 0. The van der Waals surface area contributed by atoms with Gasteiger partial charge in [-0.3, -0.25) is 9.78 Å². The molecule has 2 aliphatic heterocycles. The van der Waals surface area contributed by atoms with Gasteiger partial charge in [0.1, 0.15) is 0 Å². The van der Waals surface area contributed by atoms with Crippen molar-refractivity contribution in [3.05, 3.63) is 30.1 Å². The largest absolute Gasteiger partial charge is 0.336 e. The maximum Gasteiger partial charge on any atom is 0.224 e. The number of piperazine rings is 1. The fraction of sp³-hybridized carbons (Fsp3) is 0.700. The number of hydrogen-bond donors (Lipinski definition) is 0. The van der Waals surface area contributed by atoms with Crippen molar-refractivity contribution in [2.75, 3.05) is 45.8 Å². The number of nitrogens with zero attached hydrogens (tertiary/aromatic N) is 4. The van der Waals surface area contributed by atoms with Crippen molar-refractivity contribution in [3.63, 3.8) is 0 Å². The van der Waals surface area contributed by atoms with Gasteiger partial charge in [0.25, 0.3) is 0 Å². The minimum atomic E-state index is 0.231. The normalized spacial score (nSPS) is 23.4. The van der Waals surface area contributed by atoms with E-state index >= 15 is 0 Å². The average molecular weight is 345 g/mol. The van der Waals surface area contributed by atoms with Crippen LogP contribution in [0.2, 0.25) is 0 Å². The Morgan fingerprint density at radius 1 is 1.04 bits per heavy atom. The van der Waals surface area contributed by atoms with E-state index in [0.717, 1.165) is 58.7 Å². The number of aromatic nitrogens is 1. The van der Waals surface area contributed by atoms with Crippen LogP contribution in [0.25, 0.3) is 0 Å². The molecular weight excluding hydrogens is 312 g/mol. The number of hydrogen-bond acceptors (Lipinski definition) is 4. The van der Waals surface area contributed by atoms with Crippen LogP contribution >= 0.6 is 0 Å². The highest BCUT2D eigenvalue weighted by Gasteiger charge is 2.27. The highest BCUT2D eigenvalue weighted by Crippen LogP contribution is 2.30. The standard InChI is InChI=1S/C20H32N4O/c1-2-22-14-16-23(17-15-22)13-9-20(25)24-12-5-3-4-6-19(24)18-7-10-21-11-8-18/h7-8,10-11,19H,2-6,9,12-17H2,1H3. The summed E-state index contributed by atoms with van der Waals surface area (Å²) in [6.07, 6.45) is 8.97. The zero-order valence-corrected chi connectivity index (χ0v) is 15.6. The monoisotopic (exact) mass is 344 g/mol. The van der Waals surface area contributed by atoms with E-state index in [1.807, 2.05) is 12.4 Å². The van der Waals surface area contributed by atoms with Crippen LogP contribution in [0.3, 0.4) is 0 Å². The van der Waals surface area contributed by atoms with E-state index < -0.39 is 0 Å². The van der Waals surface area contributed by atoms with Crippen LogP contribution in [0, 0.1) is 0 Å². The fourth-order valence-electron chi connectivity index (χ4n) is 4.07. The fourth-order valence-corrected chi connectivity index (χ4v) is 4.07. The number of carbonyl (C=O) groups is 1. The molecule has 0 radical (unpaired) electrons. The van der Waals surface area contributed by atoms with Crippen molar-refractivity contribution < 1.29 is 4.79 Å². The number of pyridine rings is 1. The van der Waals surface area contributed by atoms with Crippen LogP contribution in [-0.4, -0.2) is 71.4 Å². The maximum absolute atomic E-state index is 13.0. The van der Waals surface area contributed by atoms with Gasteiger partial charge in [0.15, 0.2) is 0 Å². The van der Waals surface area contributed by atoms with Crippen molar-refractivity contribution in [2.45, 2.75) is 45.1 Å². The number of carbonyl (C=O) groups excluding carboxylic acids is 1. The molecule has 2 fully saturated rings. The molecule has 3 rings (SSSR count). The van der Waals surface area contributed by atoms with Crippen molar-refractivity contribution in [1.29, 1.82) is 0 Å². The molecule has 1 amide bonds. The molecule has 0 N–H and O–H groups in total. The van der Waals surface area contributed by atoms with Crippen molar-refractivity contribution in [3.8, 4) is 0 Å². The van der Waals surface area contributed by atoms with Gasteiger partial charge in [-0.1, -0.05) is 19.8 Å². The van der Waals surface area contributed by atoms with Crippen LogP contribution in [0.15, 0.2) is 24.5 Å². The molecule has 1 aromatic heterocycles. The zero-order valence-electron chi connectivity index (χ0n) is 15.6. The quantitative estimate of drug-likeness (QED) is 0.823. The van der Waals surface area contributed by atoms with E-state index in [4.69, 9.17) is 0 Å². The summed E-state index contributed by atoms with van der Waals surface area (Å²) in [5, 5.41) is 0. The Hall–Kier alpha value is -1.46. The van der Waals surface area contributed by atoms with Gasteiger partial charge in [0.05, 0.1) is 6.04 Å². The van der Waals surface area contributed by atoms with Gasteiger partial charge in [-0.15, -0.1) is 0 Å². The first-order valence-electron chi connectivity index (χ1n) is 9.92. The molecule has 2 aliphatic rings. The second-order valence-corrected chi connectivity index (χ2v) is 7.26. The molecule has 25 heavy (non-hydrogen) atoms. The van der Waals surface area contributed by atoms with E-state index in [1.165, 1.54) is 18.4 Å². The Balaban J connectivity index is 1.57. The predicted octanol–water partition coefficient (Wildman–Crippen LogP) is 2.55. The molecule has 0 bridgehead atoms. The first kappa shape index (κ1) is 18.3. The van der Waals surface area contributed by atoms with Gasteiger partial charge in [0, 0.05) is 58.1 Å². The molecule has 5 heteroatoms. The minimum absolute atomic E-state index is 0.231. The SMILES string of the molecule is CCN1CCN(CCC(=O)N2CCCCCC2c2ccncc2)CC1. The van der Waals surface area contributed by atoms with E-state index in [0.29, 0.717) is 12.3 Å². The number of amides is 1. The molecule has 0 aliphatic carbocycles. The Kier molecular flexibility index (Phi) is 6.82. The molecule has 1 atom stereocenters. The van der Waals surface area contributed by atoms with Gasteiger partial charge in [0.2, 0.25) is 5.91 Å². The molecular formula is C20H32N4O. The topological polar surface area (TPSA) is 39.7 Å². The molecule has 3 heterocycles. The van der Waals surface area contributed by atoms with E-state index in [2.05, 4.69) is 38.7 Å². The summed E-state index contributed by atoms with van der Waals surface area (Å²) >= 11 is 0. The summed E-state index contributed by atoms with van der Waals surface area (Å²) in [5.74, 6) is 0.321. The molecule has 5 nitrogen and oxygen atoms in total. The molecule has 1 unspecified atom stereocenters. The molecule has 1 aromatic rings. The first-order valence-corrected chi connectivity index (χ1v) is 9.92. The predicted molar refractivity (Wildman–Crippen MR) is 100 cm³/mol. The summed E-state index contributed by atoms with van der Waals surface area (Å²) in [4.78, 5) is 24.2. The van der Waals surface area contributed by atoms with E-state index in [-0.39, 0.29) is 6.04 Å². The molecule has 0 aromatic carbocycles. The van der Waals surface area contributed by atoms with E-state index in [1.54, 1.807) is 0 Å². The number of rotatable bonds is 5. The Morgan fingerprint density at radius 2 is 1.76 bits per heavy atom. The third-order valence-corrected chi connectivity index (χ3v) is 5.72. The summed E-state index contributed by atoms with van der Waals surface area (Å²) in [5.41, 5.74) is 1.24. The van der Waals surface area contributed by atoms with Crippen LogP contribution in [0.4, 0.5) is 0 Å². The molecule has 0 saturated carbocycles. The first-order chi connectivity index (χ1) is 12.3. The van der Waals surface area contributed by atoms with Crippen LogP contribution in [0.5, 0.6) is 0 Å². The van der Waals surface area contributed by atoms with Crippen LogP contribution < -0.4 is 0 Å². The van der Waals surface area contributed by atoms with Gasteiger partial charge in [-0.05, 0) is 37.1 Å². The Bertz CT molecular complexity index is 528. The molecule has 2 saturated heterocycles. The minimum Gasteiger partial charge on any atom is -0.336 e. The molecule has 138 valence electrons. The second-order valence-electron chi connectivity index (χ2n) is 7.26. The highest BCUT2D eigenvalue weighted by molar-refractivity contribution is 5.77. The zero-order chi connectivity index (χ0) is 17.5. The maximum atomic E-state index is 13.0. The van der Waals surface area contributed by atoms with Crippen molar-refractivity contribution in [2.24, 2.45) is 0 Å². The Labute approximate surface area is 152 Å². The number of likely N-dealkylation sites (tertiary alicyclic amines) is 1. The Morgan fingerprint density at radius 3 is 2.48 bits per heavy atom. The van der Waals surface area contributed by atoms with Gasteiger partial charge in [-0.2, -0.15) is 0 Å². The molecule has 0 spiro atoms. The lowest BCUT2D eigenvalue weighted by Gasteiger charge is -2.35. The van der Waals surface area contributed by atoms with Gasteiger partial charge >= 0.3 is 0 Å². The third kappa shape index (κ3) is 5.02. The van der Waals surface area contributed by atoms with Gasteiger partial charge < -0.3 is 14.7 Å².